The standard InChI is InChI=1S/C24H23FN2O3/c1-2-17-5-10-21(11-6-17)26-24(28)27(14-18-3-8-20(25)9-4-18)15-19-7-12-22-23(13-19)30-16-29-22/h3-13H,2,14-16H2,1H3,(H,26,28). The van der Waals surface area contributed by atoms with E-state index in [0.29, 0.717) is 24.6 Å². The highest BCUT2D eigenvalue weighted by Crippen LogP contribution is 2.33. The highest BCUT2D eigenvalue weighted by molar-refractivity contribution is 5.89. The molecule has 1 aliphatic rings. The zero-order valence-corrected chi connectivity index (χ0v) is 16.7. The van der Waals surface area contributed by atoms with Crippen molar-refractivity contribution in [2.24, 2.45) is 0 Å². The Bertz CT molecular complexity index is 1020. The van der Waals surface area contributed by atoms with Crippen molar-refractivity contribution in [2.75, 3.05) is 12.1 Å². The Hall–Kier alpha value is -3.54. The van der Waals surface area contributed by atoms with Gasteiger partial charge in [0.2, 0.25) is 6.79 Å². The van der Waals surface area contributed by atoms with E-state index in [1.54, 1.807) is 17.0 Å². The molecule has 3 aromatic carbocycles. The van der Waals surface area contributed by atoms with Crippen molar-refractivity contribution in [3.05, 3.63) is 89.2 Å². The Labute approximate surface area is 175 Å². The van der Waals surface area contributed by atoms with Crippen LogP contribution in [0.3, 0.4) is 0 Å². The van der Waals surface area contributed by atoms with Gasteiger partial charge < -0.3 is 19.7 Å². The Balaban J connectivity index is 1.53. The number of nitrogens with zero attached hydrogens (tertiary/aromatic N) is 1. The van der Waals surface area contributed by atoms with Crippen LogP contribution in [0.25, 0.3) is 0 Å². The minimum atomic E-state index is -0.304. The topological polar surface area (TPSA) is 50.8 Å². The molecule has 3 aromatic rings. The van der Waals surface area contributed by atoms with Crippen LogP contribution < -0.4 is 14.8 Å². The Morgan fingerprint density at radius 1 is 0.900 bits per heavy atom. The number of amides is 2. The Kier molecular flexibility index (Phi) is 5.84. The molecule has 1 N–H and O–H groups in total. The van der Waals surface area contributed by atoms with E-state index in [4.69, 9.17) is 9.47 Å². The molecule has 0 unspecified atom stereocenters. The first-order chi connectivity index (χ1) is 14.6. The lowest BCUT2D eigenvalue weighted by Crippen LogP contribution is -2.34. The van der Waals surface area contributed by atoms with E-state index >= 15 is 0 Å². The van der Waals surface area contributed by atoms with Crippen LogP contribution in [0.15, 0.2) is 66.7 Å². The second-order valence-corrected chi connectivity index (χ2v) is 7.15. The summed E-state index contributed by atoms with van der Waals surface area (Å²) in [7, 11) is 0. The van der Waals surface area contributed by atoms with Gasteiger partial charge >= 0.3 is 6.03 Å². The summed E-state index contributed by atoms with van der Waals surface area (Å²) >= 11 is 0. The van der Waals surface area contributed by atoms with E-state index in [0.717, 1.165) is 23.2 Å². The monoisotopic (exact) mass is 406 g/mol. The molecule has 5 nitrogen and oxygen atoms in total. The number of hydrogen-bond acceptors (Lipinski definition) is 3. The number of anilines is 1. The predicted octanol–water partition coefficient (Wildman–Crippen LogP) is 5.35. The summed E-state index contributed by atoms with van der Waals surface area (Å²) < 4.78 is 24.1. The van der Waals surface area contributed by atoms with Crippen molar-refractivity contribution >= 4 is 11.7 Å². The summed E-state index contributed by atoms with van der Waals surface area (Å²) in [6.07, 6.45) is 0.940. The summed E-state index contributed by atoms with van der Waals surface area (Å²) in [5.74, 6) is 1.07. The lowest BCUT2D eigenvalue weighted by atomic mass is 10.1. The van der Waals surface area contributed by atoms with Crippen LogP contribution in [0.4, 0.5) is 14.9 Å². The zero-order valence-electron chi connectivity index (χ0n) is 16.7. The largest absolute Gasteiger partial charge is 0.454 e. The highest BCUT2D eigenvalue weighted by atomic mass is 19.1. The summed E-state index contributed by atoms with van der Waals surface area (Å²) in [4.78, 5) is 14.7. The Morgan fingerprint density at radius 2 is 1.53 bits per heavy atom. The maximum atomic E-state index is 13.3. The molecule has 0 saturated carbocycles. The average molecular weight is 406 g/mol. The lowest BCUT2D eigenvalue weighted by Gasteiger charge is -2.24. The van der Waals surface area contributed by atoms with Crippen LogP contribution in [0, 0.1) is 5.82 Å². The van der Waals surface area contributed by atoms with Gasteiger partial charge in [-0.25, -0.2) is 9.18 Å². The van der Waals surface area contributed by atoms with Crippen molar-refractivity contribution < 1.29 is 18.7 Å². The first kappa shape index (κ1) is 19.8. The van der Waals surface area contributed by atoms with Gasteiger partial charge in [-0.1, -0.05) is 37.3 Å². The Morgan fingerprint density at radius 3 is 2.27 bits per heavy atom. The molecular weight excluding hydrogens is 383 g/mol. The molecule has 0 aromatic heterocycles. The smallest absolute Gasteiger partial charge is 0.322 e. The van der Waals surface area contributed by atoms with Crippen LogP contribution in [0.2, 0.25) is 0 Å². The molecule has 0 atom stereocenters. The molecule has 6 heteroatoms. The number of nitrogens with one attached hydrogen (secondary N) is 1. The van der Waals surface area contributed by atoms with Crippen LogP contribution in [0.1, 0.15) is 23.6 Å². The van der Waals surface area contributed by atoms with Gasteiger partial charge in [0.15, 0.2) is 11.5 Å². The second-order valence-electron chi connectivity index (χ2n) is 7.15. The molecular formula is C24H23FN2O3. The van der Waals surface area contributed by atoms with Crippen LogP contribution >= 0.6 is 0 Å². The van der Waals surface area contributed by atoms with Crippen molar-refractivity contribution in [1.82, 2.24) is 4.90 Å². The van der Waals surface area contributed by atoms with Crippen molar-refractivity contribution in [3.63, 3.8) is 0 Å². The van der Waals surface area contributed by atoms with Crippen molar-refractivity contribution in [1.29, 1.82) is 0 Å². The molecule has 0 aliphatic carbocycles. The summed E-state index contributed by atoms with van der Waals surface area (Å²) in [5, 5.41) is 2.95. The number of halogens is 1. The van der Waals surface area contributed by atoms with Gasteiger partial charge in [0.1, 0.15) is 5.82 Å². The molecule has 0 bridgehead atoms. The number of hydrogen-bond donors (Lipinski definition) is 1. The summed E-state index contributed by atoms with van der Waals surface area (Å²) in [5.41, 5.74) is 3.69. The van der Waals surface area contributed by atoms with E-state index in [1.807, 2.05) is 42.5 Å². The molecule has 154 valence electrons. The third-order valence-corrected chi connectivity index (χ3v) is 5.00. The summed E-state index contributed by atoms with van der Waals surface area (Å²) in [6, 6.07) is 19.4. The van der Waals surface area contributed by atoms with Gasteiger partial charge in [-0.15, -0.1) is 0 Å². The van der Waals surface area contributed by atoms with Gasteiger partial charge in [0, 0.05) is 18.8 Å². The first-order valence-corrected chi connectivity index (χ1v) is 9.88. The average Bonchev–Trinajstić information content (AvgIpc) is 3.23. The molecule has 1 aliphatic heterocycles. The number of carbonyl (C=O) groups is 1. The van der Waals surface area contributed by atoms with E-state index in [-0.39, 0.29) is 18.6 Å². The quantitative estimate of drug-likeness (QED) is 0.600. The van der Waals surface area contributed by atoms with Gasteiger partial charge in [0.05, 0.1) is 0 Å². The zero-order chi connectivity index (χ0) is 20.9. The van der Waals surface area contributed by atoms with E-state index in [1.165, 1.54) is 17.7 Å². The van der Waals surface area contributed by atoms with Crippen LogP contribution in [-0.4, -0.2) is 17.7 Å². The van der Waals surface area contributed by atoms with Gasteiger partial charge in [-0.2, -0.15) is 0 Å². The normalized spacial score (nSPS) is 11.9. The summed E-state index contributed by atoms with van der Waals surface area (Å²) in [6.45, 7) is 3.00. The molecule has 0 radical (unpaired) electrons. The minimum Gasteiger partial charge on any atom is -0.454 e. The van der Waals surface area contributed by atoms with E-state index in [2.05, 4.69) is 12.2 Å². The number of benzene rings is 3. The number of rotatable bonds is 6. The van der Waals surface area contributed by atoms with E-state index < -0.39 is 0 Å². The number of carbonyl (C=O) groups excluding carboxylic acids is 1. The van der Waals surface area contributed by atoms with E-state index in [9.17, 15) is 9.18 Å². The third kappa shape index (κ3) is 4.71. The van der Waals surface area contributed by atoms with Crippen LogP contribution in [0.5, 0.6) is 11.5 Å². The molecule has 2 amide bonds. The molecule has 0 fully saturated rings. The third-order valence-electron chi connectivity index (χ3n) is 5.00. The number of urea groups is 1. The number of aryl methyl sites for hydroxylation is 1. The molecule has 0 saturated heterocycles. The fourth-order valence-electron chi connectivity index (χ4n) is 3.30. The minimum absolute atomic E-state index is 0.201. The van der Waals surface area contributed by atoms with Crippen molar-refractivity contribution in [3.8, 4) is 11.5 Å². The van der Waals surface area contributed by atoms with Gasteiger partial charge in [-0.05, 0) is 59.5 Å². The maximum absolute atomic E-state index is 13.3. The lowest BCUT2D eigenvalue weighted by molar-refractivity contribution is 0.174. The highest BCUT2D eigenvalue weighted by Gasteiger charge is 2.18. The van der Waals surface area contributed by atoms with Crippen LogP contribution in [-0.2, 0) is 19.5 Å². The molecule has 1 heterocycles. The fourth-order valence-corrected chi connectivity index (χ4v) is 3.30. The number of fused-ring (bicyclic) bond motifs is 1. The fraction of sp³-hybridized carbons (Fsp3) is 0.208. The first-order valence-electron chi connectivity index (χ1n) is 9.88. The molecule has 4 rings (SSSR count). The molecule has 0 spiro atoms. The van der Waals surface area contributed by atoms with Gasteiger partial charge in [-0.3, -0.25) is 0 Å². The number of ether oxygens (including phenoxy) is 2. The molecule has 30 heavy (non-hydrogen) atoms. The van der Waals surface area contributed by atoms with Gasteiger partial charge in [0.25, 0.3) is 0 Å². The second kappa shape index (κ2) is 8.86. The maximum Gasteiger partial charge on any atom is 0.322 e. The van der Waals surface area contributed by atoms with Crippen molar-refractivity contribution in [2.45, 2.75) is 26.4 Å². The predicted molar refractivity (Wildman–Crippen MR) is 113 cm³/mol. The SMILES string of the molecule is CCc1ccc(NC(=O)N(Cc2ccc(F)cc2)Cc2ccc3c(c2)OCO3)cc1.